The van der Waals surface area contributed by atoms with Gasteiger partial charge in [0.2, 0.25) is 0 Å². The normalized spacial score (nSPS) is 10.6. The van der Waals surface area contributed by atoms with E-state index in [2.05, 4.69) is 0 Å². The maximum absolute atomic E-state index is 10.6. The van der Waals surface area contributed by atoms with Gasteiger partial charge in [0, 0.05) is 0 Å². The third-order valence-corrected chi connectivity index (χ3v) is 1.74. The minimum atomic E-state index is 0.0000600. The summed E-state index contributed by atoms with van der Waals surface area (Å²) < 4.78 is 0. The van der Waals surface area contributed by atoms with Crippen LogP contribution in [0.3, 0.4) is 0 Å². The zero-order valence-electron chi connectivity index (χ0n) is 7.74. The molecule has 0 heterocycles. The average molecular weight is 176 g/mol. The number of carbonyl (C=O) groups is 1. The smallest absolute Gasteiger partial charge is 0.152 e. The van der Waals surface area contributed by atoms with Crippen LogP contribution in [0.5, 0.6) is 5.75 Å². The molecule has 0 atom stereocenters. The lowest BCUT2D eigenvalue weighted by atomic mass is 10.1. The molecule has 68 valence electrons. The number of aryl methyl sites for hydroxylation is 1. The van der Waals surface area contributed by atoms with Gasteiger partial charge in [-0.3, -0.25) is 4.79 Å². The van der Waals surface area contributed by atoms with Crippen LogP contribution >= 0.6 is 0 Å². The van der Waals surface area contributed by atoms with E-state index in [0.717, 1.165) is 11.1 Å². The SMILES string of the molecule is CC(=O)/C=C/c1ccc(C)c(O)c1. The van der Waals surface area contributed by atoms with Gasteiger partial charge in [-0.05, 0) is 37.1 Å². The first-order valence-electron chi connectivity index (χ1n) is 4.08. The Morgan fingerprint density at radius 1 is 1.46 bits per heavy atom. The van der Waals surface area contributed by atoms with Crippen LogP contribution in [0.2, 0.25) is 0 Å². The van der Waals surface area contributed by atoms with Gasteiger partial charge in [-0.15, -0.1) is 0 Å². The zero-order chi connectivity index (χ0) is 9.84. The summed E-state index contributed by atoms with van der Waals surface area (Å²) in [5.74, 6) is 0.255. The van der Waals surface area contributed by atoms with E-state index >= 15 is 0 Å². The molecule has 13 heavy (non-hydrogen) atoms. The van der Waals surface area contributed by atoms with Crippen molar-refractivity contribution in [1.82, 2.24) is 0 Å². The molecule has 0 aliphatic heterocycles. The molecular weight excluding hydrogens is 164 g/mol. The number of allylic oxidation sites excluding steroid dienone is 1. The van der Waals surface area contributed by atoms with E-state index in [0.29, 0.717) is 0 Å². The molecule has 0 amide bonds. The van der Waals surface area contributed by atoms with Gasteiger partial charge in [-0.1, -0.05) is 18.2 Å². The molecule has 1 N–H and O–H groups in total. The number of aromatic hydroxyl groups is 1. The Morgan fingerprint density at radius 3 is 2.69 bits per heavy atom. The van der Waals surface area contributed by atoms with Crippen molar-refractivity contribution in [3.8, 4) is 5.75 Å². The van der Waals surface area contributed by atoms with Gasteiger partial charge in [0.1, 0.15) is 5.75 Å². The second-order valence-corrected chi connectivity index (χ2v) is 2.99. The van der Waals surface area contributed by atoms with Crippen molar-refractivity contribution in [3.05, 3.63) is 35.4 Å². The lowest BCUT2D eigenvalue weighted by Gasteiger charge is -1.98. The molecule has 0 spiro atoms. The molecule has 1 aromatic rings. The predicted octanol–water partition coefficient (Wildman–Crippen LogP) is 2.30. The fourth-order valence-corrected chi connectivity index (χ4v) is 0.944. The number of hydrogen-bond acceptors (Lipinski definition) is 2. The van der Waals surface area contributed by atoms with Crippen LogP contribution < -0.4 is 0 Å². The molecule has 0 bridgehead atoms. The second-order valence-electron chi connectivity index (χ2n) is 2.99. The first kappa shape index (κ1) is 9.52. The van der Waals surface area contributed by atoms with Gasteiger partial charge in [-0.25, -0.2) is 0 Å². The highest BCUT2D eigenvalue weighted by molar-refractivity contribution is 5.91. The van der Waals surface area contributed by atoms with Crippen molar-refractivity contribution in [2.75, 3.05) is 0 Å². The number of phenols is 1. The summed E-state index contributed by atoms with van der Waals surface area (Å²) in [7, 11) is 0. The van der Waals surface area contributed by atoms with Gasteiger partial charge in [0.25, 0.3) is 0 Å². The van der Waals surface area contributed by atoms with Gasteiger partial charge < -0.3 is 5.11 Å². The van der Waals surface area contributed by atoms with Gasteiger partial charge in [0.05, 0.1) is 0 Å². The van der Waals surface area contributed by atoms with Crippen LogP contribution in [0.15, 0.2) is 24.3 Å². The summed E-state index contributed by atoms with van der Waals surface area (Å²) in [6.45, 7) is 3.32. The quantitative estimate of drug-likeness (QED) is 0.702. The van der Waals surface area contributed by atoms with Crippen molar-refractivity contribution in [3.63, 3.8) is 0 Å². The van der Waals surface area contributed by atoms with Crippen molar-refractivity contribution in [2.45, 2.75) is 13.8 Å². The topological polar surface area (TPSA) is 37.3 Å². The molecule has 0 fully saturated rings. The molecule has 0 saturated carbocycles. The second kappa shape index (κ2) is 3.90. The minimum Gasteiger partial charge on any atom is -0.508 e. The first-order chi connectivity index (χ1) is 6.09. The maximum Gasteiger partial charge on any atom is 0.152 e. The minimum absolute atomic E-state index is 0.0000600. The van der Waals surface area contributed by atoms with Crippen LogP contribution in [0, 0.1) is 6.92 Å². The van der Waals surface area contributed by atoms with Gasteiger partial charge in [-0.2, -0.15) is 0 Å². The monoisotopic (exact) mass is 176 g/mol. The Morgan fingerprint density at radius 2 is 2.15 bits per heavy atom. The number of hydrogen-bond donors (Lipinski definition) is 1. The van der Waals surface area contributed by atoms with E-state index in [1.54, 1.807) is 12.1 Å². The van der Waals surface area contributed by atoms with E-state index in [1.807, 2.05) is 19.1 Å². The Balaban J connectivity index is 2.92. The van der Waals surface area contributed by atoms with Crippen LogP contribution in [0.25, 0.3) is 6.08 Å². The lowest BCUT2D eigenvalue weighted by molar-refractivity contribution is -0.112. The van der Waals surface area contributed by atoms with Crippen LogP contribution in [0.1, 0.15) is 18.1 Å². The number of ketones is 1. The lowest BCUT2D eigenvalue weighted by Crippen LogP contribution is -1.81. The van der Waals surface area contributed by atoms with E-state index < -0.39 is 0 Å². The molecule has 0 saturated heterocycles. The number of benzene rings is 1. The van der Waals surface area contributed by atoms with E-state index in [9.17, 15) is 9.90 Å². The third kappa shape index (κ3) is 2.75. The molecule has 1 rings (SSSR count). The predicted molar refractivity (Wildman–Crippen MR) is 52.6 cm³/mol. The van der Waals surface area contributed by atoms with Gasteiger partial charge in [0.15, 0.2) is 5.78 Å². The molecule has 0 radical (unpaired) electrons. The Bertz CT molecular complexity index is 351. The van der Waals surface area contributed by atoms with Crippen molar-refractivity contribution < 1.29 is 9.90 Å². The fraction of sp³-hybridized carbons (Fsp3) is 0.182. The van der Waals surface area contributed by atoms with Crippen molar-refractivity contribution >= 4 is 11.9 Å². The van der Waals surface area contributed by atoms with Crippen molar-refractivity contribution in [2.24, 2.45) is 0 Å². The third-order valence-electron chi connectivity index (χ3n) is 1.74. The average Bonchev–Trinajstić information content (AvgIpc) is 2.07. The Labute approximate surface area is 77.5 Å². The summed E-state index contributed by atoms with van der Waals surface area (Å²) >= 11 is 0. The Hall–Kier alpha value is -1.57. The van der Waals surface area contributed by atoms with Crippen LogP contribution in [-0.4, -0.2) is 10.9 Å². The highest BCUT2D eigenvalue weighted by Crippen LogP contribution is 2.18. The van der Waals surface area contributed by atoms with Crippen LogP contribution in [0.4, 0.5) is 0 Å². The highest BCUT2D eigenvalue weighted by Gasteiger charge is 1.95. The largest absolute Gasteiger partial charge is 0.508 e. The van der Waals surface area contributed by atoms with E-state index in [4.69, 9.17) is 0 Å². The summed E-state index contributed by atoms with van der Waals surface area (Å²) in [5, 5.41) is 9.35. The van der Waals surface area contributed by atoms with E-state index in [-0.39, 0.29) is 11.5 Å². The molecule has 2 heteroatoms. The molecule has 0 aromatic heterocycles. The molecule has 0 unspecified atom stereocenters. The Kier molecular flexibility index (Phi) is 2.85. The number of rotatable bonds is 2. The summed E-state index contributed by atoms with van der Waals surface area (Å²) in [4.78, 5) is 10.6. The number of phenolic OH excluding ortho intramolecular Hbond substituents is 1. The zero-order valence-corrected chi connectivity index (χ0v) is 7.74. The van der Waals surface area contributed by atoms with Gasteiger partial charge >= 0.3 is 0 Å². The molecular formula is C11H12O2. The standard InChI is InChI=1S/C11H12O2/c1-8-3-5-10(7-11(8)13)6-4-9(2)12/h3-7,13H,1-2H3/b6-4+. The number of carbonyl (C=O) groups excluding carboxylic acids is 1. The molecule has 2 nitrogen and oxygen atoms in total. The fourth-order valence-electron chi connectivity index (χ4n) is 0.944. The first-order valence-corrected chi connectivity index (χ1v) is 4.08. The highest BCUT2D eigenvalue weighted by atomic mass is 16.3. The van der Waals surface area contributed by atoms with Crippen molar-refractivity contribution in [1.29, 1.82) is 0 Å². The van der Waals surface area contributed by atoms with E-state index in [1.165, 1.54) is 13.0 Å². The van der Waals surface area contributed by atoms with Crippen LogP contribution in [-0.2, 0) is 4.79 Å². The summed E-state index contributed by atoms with van der Waals surface area (Å²) in [6, 6.07) is 5.30. The molecule has 1 aromatic carbocycles. The summed E-state index contributed by atoms with van der Waals surface area (Å²) in [6.07, 6.45) is 3.16. The molecule has 0 aliphatic rings. The molecule has 0 aliphatic carbocycles. The summed E-state index contributed by atoms with van der Waals surface area (Å²) in [5.41, 5.74) is 1.67. The maximum atomic E-state index is 10.6.